The lowest BCUT2D eigenvalue weighted by atomic mass is 9.95. The predicted octanol–water partition coefficient (Wildman–Crippen LogP) is 5.94. The summed E-state index contributed by atoms with van der Waals surface area (Å²) in [7, 11) is 0. The summed E-state index contributed by atoms with van der Waals surface area (Å²) < 4.78 is 12.1. The van der Waals surface area contributed by atoms with Gasteiger partial charge in [0.25, 0.3) is 0 Å². The molecule has 0 saturated carbocycles. The molecule has 0 radical (unpaired) electrons. The van der Waals surface area contributed by atoms with Crippen molar-refractivity contribution in [3.05, 3.63) is 94.5 Å². The van der Waals surface area contributed by atoms with Crippen molar-refractivity contribution in [1.82, 2.24) is 5.01 Å². The first-order chi connectivity index (χ1) is 14.6. The second-order valence-electron chi connectivity index (χ2n) is 7.97. The van der Waals surface area contributed by atoms with Crippen LogP contribution in [0.5, 0.6) is 11.5 Å². The van der Waals surface area contributed by atoms with E-state index in [1.54, 1.807) is 0 Å². The van der Waals surface area contributed by atoms with Gasteiger partial charge in [0.2, 0.25) is 6.23 Å². The Hall–Kier alpha value is -3.27. The van der Waals surface area contributed by atoms with Gasteiger partial charge in [-0.3, -0.25) is 0 Å². The molecule has 0 amide bonds. The molecule has 152 valence electrons. The minimum absolute atomic E-state index is 0.169. The van der Waals surface area contributed by atoms with Crippen LogP contribution in [0.1, 0.15) is 53.4 Å². The molecule has 0 saturated heterocycles. The predicted molar refractivity (Wildman–Crippen MR) is 119 cm³/mol. The van der Waals surface area contributed by atoms with E-state index in [1.807, 2.05) is 25.1 Å². The number of ether oxygens (including phenoxy) is 2. The first kappa shape index (κ1) is 18.7. The van der Waals surface area contributed by atoms with Gasteiger partial charge in [0, 0.05) is 17.5 Å². The maximum absolute atomic E-state index is 6.49. The van der Waals surface area contributed by atoms with Crippen LogP contribution in [0, 0.1) is 13.8 Å². The average Bonchev–Trinajstić information content (AvgIpc) is 3.20. The Balaban J connectivity index is 1.55. The Morgan fingerprint density at radius 1 is 1.00 bits per heavy atom. The maximum Gasteiger partial charge on any atom is 0.214 e. The van der Waals surface area contributed by atoms with E-state index in [0.29, 0.717) is 6.61 Å². The van der Waals surface area contributed by atoms with Crippen LogP contribution >= 0.6 is 0 Å². The van der Waals surface area contributed by atoms with Crippen LogP contribution in [0.2, 0.25) is 0 Å². The molecular weight excluding hydrogens is 372 g/mol. The first-order valence-electron chi connectivity index (χ1n) is 10.6. The number of benzene rings is 3. The van der Waals surface area contributed by atoms with Crippen molar-refractivity contribution >= 4 is 5.71 Å². The Bertz CT molecular complexity index is 1100. The van der Waals surface area contributed by atoms with Gasteiger partial charge in [0.1, 0.15) is 11.5 Å². The highest BCUT2D eigenvalue weighted by Crippen LogP contribution is 2.47. The van der Waals surface area contributed by atoms with Crippen LogP contribution in [-0.4, -0.2) is 17.3 Å². The second kappa shape index (κ2) is 7.52. The number of fused-ring (bicyclic) bond motifs is 3. The van der Waals surface area contributed by atoms with Crippen LogP contribution < -0.4 is 9.47 Å². The molecule has 3 aromatic carbocycles. The van der Waals surface area contributed by atoms with Crippen molar-refractivity contribution in [3.63, 3.8) is 0 Å². The maximum atomic E-state index is 6.49. The van der Waals surface area contributed by atoms with Crippen molar-refractivity contribution in [2.24, 2.45) is 5.10 Å². The number of hydrazone groups is 1. The van der Waals surface area contributed by atoms with Crippen LogP contribution in [-0.2, 0) is 0 Å². The Morgan fingerprint density at radius 2 is 1.80 bits per heavy atom. The molecule has 0 N–H and O–H groups in total. The quantitative estimate of drug-likeness (QED) is 0.545. The number of aryl methyl sites for hydroxylation is 2. The van der Waals surface area contributed by atoms with Gasteiger partial charge in [0.15, 0.2) is 0 Å². The van der Waals surface area contributed by atoms with Gasteiger partial charge in [-0.2, -0.15) is 5.10 Å². The lowest BCUT2D eigenvalue weighted by Gasteiger charge is -2.38. The van der Waals surface area contributed by atoms with Gasteiger partial charge in [-0.15, -0.1) is 0 Å². The van der Waals surface area contributed by atoms with Crippen LogP contribution in [0.4, 0.5) is 0 Å². The summed E-state index contributed by atoms with van der Waals surface area (Å²) in [6.45, 7) is 6.93. The molecule has 3 aromatic rings. The summed E-state index contributed by atoms with van der Waals surface area (Å²) >= 11 is 0. The van der Waals surface area contributed by atoms with Crippen molar-refractivity contribution < 1.29 is 9.47 Å². The van der Waals surface area contributed by atoms with Gasteiger partial charge in [-0.05, 0) is 62.2 Å². The molecule has 30 heavy (non-hydrogen) atoms. The van der Waals surface area contributed by atoms with Gasteiger partial charge >= 0.3 is 0 Å². The lowest BCUT2D eigenvalue weighted by molar-refractivity contribution is -0.0194. The van der Waals surface area contributed by atoms with Gasteiger partial charge in [-0.1, -0.05) is 42.0 Å². The Morgan fingerprint density at radius 3 is 2.57 bits per heavy atom. The first-order valence-corrected chi connectivity index (χ1v) is 10.6. The number of para-hydroxylation sites is 1. The molecule has 2 aliphatic heterocycles. The molecule has 0 fully saturated rings. The van der Waals surface area contributed by atoms with Gasteiger partial charge in [-0.25, -0.2) is 5.01 Å². The molecule has 0 spiro atoms. The zero-order valence-corrected chi connectivity index (χ0v) is 17.6. The summed E-state index contributed by atoms with van der Waals surface area (Å²) in [5, 5.41) is 7.20. The Kier molecular flexibility index (Phi) is 4.70. The summed E-state index contributed by atoms with van der Waals surface area (Å²) in [6, 6.07) is 23.3. The van der Waals surface area contributed by atoms with Crippen LogP contribution in [0.15, 0.2) is 71.8 Å². The number of rotatable bonds is 4. The van der Waals surface area contributed by atoms with E-state index >= 15 is 0 Å². The second-order valence-corrected chi connectivity index (χ2v) is 7.97. The molecule has 0 unspecified atom stereocenters. The Labute approximate surface area is 177 Å². The van der Waals surface area contributed by atoms with E-state index in [2.05, 4.69) is 67.4 Å². The highest BCUT2D eigenvalue weighted by atomic mass is 16.5. The van der Waals surface area contributed by atoms with E-state index in [-0.39, 0.29) is 12.3 Å². The molecule has 4 nitrogen and oxygen atoms in total. The standard InChI is InChI=1S/C26H26N2O2/c1-4-29-20-12-10-19(11-13-20)23-16-24-22-7-5-6-8-25(22)30-26(28(24)27-23)21-14-9-17(2)15-18(21)3/h5-15,24,26H,4,16H2,1-3H3/t24-,26-/m1/s1. The molecule has 2 aliphatic rings. The highest BCUT2D eigenvalue weighted by molar-refractivity contribution is 6.02. The van der Waals surface area contributed by atoms with Crippen molar-refractivity contribution in [2.45, 2.75) is 39.5 Å². The fraction of sp³-hybridized carbons (Fsp3) is 0.269. The number of hydrogen-bond donors (Lipinski definition) is 0. The molecule has 2 heterocycles. The van der Waals surface area contributed by atoms with E-state index < -0.39 is 0 Å². The topological polar surface area (TPSA) is 34.1 Å². The third-order valence-corrected chi connectivity index (χ3v) is 5.89. The minimum atomic E-state index is -0.231. The third kappa shape index (κ3) is 3.22. The molecule has 0 bridgehead atoms. The van der Waals surface area contributed by atoms with E-state index in [0.717, 1.165) is 34.8 Å². The molecule has 0 aliphatic carbocycles. The van der Waals surface area contributed by atoms with Gasteiger partial charge in [0.05, 0.1) is 18.4 Å². The summed E-state index contributed by atoms with van der Waals surface area (Å²) in [4.78, 5) is 0. The zero-order chi connectivity index (χ0) is 20.7. The molecule has 4 heteroatoms. The van der Waals surface area contributed by atoms with E-state index in [9.17, 15) is 0 Å². The lowest BCUT2D eigenvalue weighted by Crippen LogP contribution is -2.34. The fourth-order valence-corrected chi connectivity index (χ4v) is 4.43. The van der Waals surface area contributed by atoms with Crippen molar-refractivity contribution in [2.75, 3.05) is 6.61 Å². The summed E-state index contributed by atoms with van der Waals surface area (Å²) in [5.74, 6) is 1.84. The number of nitrogens with zero attached hydrogens (tertiary/aromatic N) is 2. The number of hydrogen-bond acceptors (Lipinski definition) is 4. The molecular formula is C26H26N2O2. The highest BCUT2D eigenvalue weighted by Gasteiger charge is 2.41. The smallest absolute Gasteiger partial charge is 0.214 e. The normalized spacial score (nSPS) is 19.6. The van der Waals surface area contributed by atoms with Crippen molar-refractivity contribution in [1.29, 1.82) is 0 Å². The largest absolute Gasteiger partial charge is 0.494 e. The summed E-state index contributed by atoms with van der Waals surface area (Å²) in [6.07, 6.45) is 0.626. The van der Waals surface area contributed by atoms with E-state index in [4.69, 9.17) is 14.6 Å². The fourth-order valence-electron chi connectivity index (χ4n) is 4.43. The van der Waals surface area contributed by atoms with Crippen molar-refractivity contribution in [3.8, 4) is 11.5 Å². The van der Waals surface area contributed by atoms with Crippen LogP contribution in [0.25, 0.3) is 0 Å². The third-order valence-electron chi connectivity index (χ3n) is 5.89. The zero-order valence-electron chi connectivity index (χ0n) is 17.6. The monoisotopic (exact) mass is 398 g/mol. The molecule has 2 atom stereocenters. The van der Waals surface area contributed by atoms with Gasteiger partial charge < -0.3 is 9.47 Å². The molecule has 5 rings (SSSR count). The minimum Gasteiger partial charge on any atom is -0.494 e. The van der Waals surface area contributed by atoms with Crippen LogP contribution in [0.3, 0.4) is 0 Å². The summed E-state index contributed by atoms with van der Waals surface area (Å²) in [5.41, 5.74) is 7.05. The molecule has 0 aromatic heterocycles. The average molecular weight is 399 g/mol. The van der Waals surface area contributed by atoms with E-state index in [1.165, 1.54) is 16.7 Å². The SMILES string of the molecule is CCOc1ccc(C2=NN3[C@H](C2)c2ccccc2O[C@@H]3c2ccc(C)cc2C)cc1.